The highest BCUT2D eigenvalue weighted by atomic mass is 19.4. The van der Waals surface area contributed by atoms with Gasteiger partial charge in [0, 0.05) is 6.54 Å². The summed E-state index contributed by atoms with van der Waals surface area (Å²) >= 11 is 0. The van der Waals surface area contributed by atoms with Gasteiger partial charge in [0.1, 0.15) is 11.1 Å². The van der Waals surface area contributed by atoms with Gasteiger partial charge < -0.3 is 10.6 Å². The molecule has 0 unspecified atom stereocenters. The van der Waals surface area contributed by atoms with Crippen LogP contribution in [0.5, 0.6) is 0 Å². The zero-order valence-electron chi connectivity index (χ0n) is 12.0. The number of halogens is 3. The van der Waals surface area contributed by atoms with Crippen molar-refractivity contribution in [1.29, 1.82) is 0 Å². The van der Waals surface area contributed by atoms with Gasteiger partial charge in [-0.05, 0) is 13.3 Å². The van der Waals surface area contributed by atoms with Gasteiger partial charge in [0.2, 0.25) is 6.41 Å². The second-order valence-corrected chi connectivity index (χ2v) is 5.50. The minimum atomic E-state index is -4.54. The number of anilines is 2. The number of amides is 1. The fraction of sp³-hybridized carbons (Fsp3) is 0.462. The van der Waals surface area contributed by atoms with Crippen molar-refractivity contribution in [2.24, 2.45) is 0 Å². The van der Waals surface area contributed by atoms with E-state index in [4.69, 9.17) is 5.73 Å². The maximum Gasteiger partial charge on any atom is 0.401 e. The first-order valence-electron chi connectivity index (χ1n) is 6.69. The number of hydrogen-bond donors (Lipinski definition) is 1. The number of rotatable bonds is 2. The lowest BCUT2D eigenvalue weighted by Crippen LogP contribution is -2.44. The molecular formula is C13H14F3N5O. The van der Waals surface area contributed by atoms with Gasteiger partial charge in [-0.15, -0.1) is 0 Å². The van der Waals surface area contributed by atoms with Crippen molar-refractivity contribution in [3.63, 3.8) is 0 Å². The summed E-state index contributed by atoms with van der Waals surface area (Å²) in [4.78, 5) is 16.2. The fourth-order valence-electron chi connectivity index (χ4n) is 2.84. The van der Waals surface area contributed by atoms with Crippen molar-refractivity contribution in [3.8, 4) is 0 Å². The summed E-state index contributed by atoms with van der Waals surface area (Å²) in [5.74, 6) is 0. The molecule has 0 saturated carbocycles. The highest BCUT2D eigenvalue weighted by molar-refractivity contribution is 5.82. The van der Waals surface area contributed by atoms with E-state index in [2.05, 4.69) is 10.1 Å². The van der Waals surface area contributed by atoms with E-state index in [1.165, 1.54) is 6.20 Å². The zero-order chi connectivity index (χ0) is 16.3. The highest BCUT2D eigenvalue weighted by Crippen LogP contribution is 2.49. The highest BCUT2D eigenvalue weighted by Gasteiger charge is 2.59. The standard InChI is InChI=1S/C13H14F3N5O/c1-3-7-9(17)11-18-4-8-10(21(11)19-7)12(2,13(14,15)16)5-20(8)6-22/h4,6H,3,5,17H2,1-2H3/t12-/m1/s1. The van der Waals surface area contributed by atoms with Gasteiger partial charge in [-0.1, -0.05) is 6.92 Å². The van der Waals surface area contributed by atoms with Crippen LogP contribution in [-0.4, -0.2) is 33.7 Å². The molecular weight excluding hydrogens is 299 g/mol. The molecule has 9 heteroatoms. The fourth-order valence-corrected chi connectivity index (χ4v) is 2.84. The van der Waals surface area contributed by atoms with Gasteiger partial charge in [-0.2, -0.15) is 18.3 Å². The Morgan fingerprint density at radius 2 is 2.18 bits per heavy atom. The van der Waals surface area contributed by atoms with Crippen LogP contribution in [0.3, 0.4) is 0 Å². The van der Waals surface area contributed by atoms with E-state index < -0.39 is 18.1 Å². The molecule has 1 aliphatic heterocycles. The van der Waals surface area contributed by atoms with Crippen LogP contribution in [0.2, 0.25) is 0 Å². The largest absolute Gasteiger partial charge is 0.401 e. The van der Waals surface area contributed by atoms with Crippen LogP contribution in [-0.2, 0) is 16.6 Å². The van der Waals surface area contributed by atoms with E-state index in [0.29, 0.717) is 18.5 Å². The number of fused-ring (bicyclic) bond motifs is 3. The van der Waals surface area contributed by atoms with E-state index >= 15 is 0 Å². The summed E-state index contributed by atoms with van der Waals surface area (Å²) in [5.41, 5.74) is 4.59. The number of aryl methyl sites for hydroxylation is 1. The lowest BCUT2D eigenvalue weighted by atomic mass is 9.88. The number of nitrogen functional groups attached to an aromatic ring is 1. The molecule has 6 nitrogen and oxygen atoms in total. The van der Waals surface area contributed by atoms with Gasteiger partial charge in [0.25, 0.3) is 0 Å². The number of carbonyl (C=O) groups is 1. The second-order valence-electron chi connectivity index (χ2n) is 5.50. The first-order chi connectivity index (χ1) is 10.2. The molecule has 2 aromatic rings. The van der Waals surface area contributed by atoms with Crippen LogP contribution in [0.25, 0.3) is 5.65 Å². The normalized spacial score (nSPS) is 21.4. The monoisotopic (exact) mass is 313 g/mol. The molecule has 0 saturated heterocycles. The van der Waals surface area contributed by atoms with Crippen LogP contribution < -0.4 is 10.6 Å². The Hall–Kier alpha value is -2.32. The van der Waals surface area contributed by atoms with Crippen LogP contribution in [0.15, 0.2) is 6.20 Å². The molecule has 1 amide bonds. The number of carbonyl (C=O) groups excluding carboxylic acids is 1. The summed E-state index contributed by atoms with van der Waals surface area (Å²) in [6, 6.07) is 0. The molecule has 0 spiro atoms. The minimum absolute atomic E-state index is 0.104. The SMILES string of the molecule is CCc1nn2c3c(cnc2c1N)N(C=O)C[C@@]3(C)C(F)(F)F. The molecule has 118 valence electrons. The Morgan fingerprint density at radius 1 is 1.50 bits per heavy atom. The zero-order valence-corrected chi connectivity index (χ0v) is 12.0. The molecule has 0 radical (unpaired) electrons. The summed E-state index contributed by atoms with van der Waals surface area (Å²) in [7, 11) is 0. The van der Waals surface area contributed by atoms with Gasteiger partial charge in [-0.25, -0.2) is 9.50 Å². The van der Waals surface area contributed by atoms with Gasteiger partial charge >= 0.3 is 6.18 Å². The van der Waals surface area contributed by atoms with Crippen LogP contribution in [0, 0.1) is 0 Å². The molecule has 3 heterocycles. The summed E-state index contributed by atoms with van der Waals surface area (Å²) in [5, 5.41) is 4.17. The number of hydrogen-bond acceptors (Lipinski definition) is 4. The van der Waals surface area contributed by atoms with Crippen LogP contribution >= 0.6 is 0 Å². The van der Waals surface area contributed by atoms with Crippen LogP contribution in [0.4, 0.5) is 24.5 Å². The molecule has 2 N–H and O–H groups in total. The molecule has 0 bridgehead atoms. The van der Waals surface area contributed by atoms with Crippen molar-refractivity contribution < 1.29 is 18.0 Å². The quantitative estimate of drug-likeness (QED) is 0.856. The average Bonchev–Trinajstić information content (AvgIpc) is 2.94. The lowest BCUT2D eigenvalue weighted by Gasteiger charge is -2.27. The van der Waals surface area contributed by atoms with Gasteiger partial charge in [0.15, 0.2) is 5.65 Å². The Morgan fingerprint density at radius 3 is 2.73 bits per heavy atom. The summed E-state index contributed by atoms with van der Waals surface area (Å²) in [6.45, 7) is 2.36. The Kier molecular flexibility index (Phi) is 2.88. The van der Waals surface area contributed by atoms with Crippen molar-refractivity contribution in [2.75, 3.05) is 17.2 Å². The number of alkyl halides is 3. The Bertz CT molecular complexity index is 769. The van der Waals surface area contributed by atoms with E-state index in [1.807, 2.05) is 0 Å². The summed E-state index contributed by atoms with van der Waals surface area (Å²) < 4.78 is 42.0. The molecule has 1 atom stereocenters. The predicted octanol–water partition coefficient (Wildman–Crippen LogP) is 1.67. The Balaban J connectivity index is 2.40. The summed E-state index contributed by atoms with van der Waals surface area (Å²) in [6.07, 6.45) is -2.45. The smallest absolute Gasteiger partial charge is 0.394 e. The van der Waals surface area contributed by atoms with E-state index in [-0.39, 0.29) is 22.7 Å². The van der Waals surface area contributed by atoms with E-state index in [9.17, 15) is 18.0 Å². The molecule has 0 aromatic carbocycles. The molecule has 0 aliphatic carbocycles. The third-order valence-corrected chi connectivity index (χ3v) is 4.14. The van der Waals surface area contributed by atoms with E-state index in [0.717, 1.165) is 16.3 Å². The molecule has 1 aliphatic rings. The van der Waals surface area contributed by atoms with Crippen molar-refractivity contribution in [1.82, 2.24) is 14.6 Å². The Labute approximate surface area is 123 Å². The molecule has 2 aromatic heterocycles. The first-order valence-corrected chi connectivity index (χ1v) is 6.69. The number of aromatic nitrogens is 3. The topological polar surface area (TPSA) is 76.5 Å². The van der Waals surface area contributed by atoms with Crippen LogP contribution in [0.1, 0.15) is 25.2 Å². The molecule has 3 rings (SSSR count). The number of nitrogens with two attached hydrogens (primary N) is 1. The van der Waals surface area contributed by atoms with Crippen molar-refractivity contribution in [3.05, 3.63) is 17.6 Å². The third-order valence-electron chi connectivity index (χ3n) is 4.14. The molecule has 0 fully saturated rings. The predicted molar refractivity (Wildman–Crippen MR) is 73.6 cm³/mol. The minimum Gasteiger partial charge on any atom is -0.394 e. The lowest BCUT2D eigenvalue weighted by molar-refractivity contribution is -0.181. The second kappa shape index (κ2) is 4.34. The van der Waals surface area contributed by atoms with Crippen molar-refractivity contribution in [2.45, 2.75) is 31.9 Å². The number of nitrogens with zero attached hydrogens (tertiary/aromatic N) is 4. The first kappa shape index (κ1) is 14.6. The van der Waals surface area contributed by atoms with E-state index in [1.54, 1.807) is 6.92 Å². The van der Waals surface area contributed by atoms with Gasteiger partial charge in [0.05, 0.1) is 23.3 Å². The maximum absolute atomic E-state index is 13.6. The molecule has 22 heavy (non-hydrogen) atoms. The average molecular weight is 313 g/mol. The maximum atomic E-state index is 13.6. The van der Waals surface area contributed by atoms with Gasteiger partial charge in [-0.3, -0.25) is 4.79 Å². The third kappa shape index (κ3) is 1.65. The van der Waals surface area contributed by atoms with Crippen molar-refractivity contribution >= 4 is 23.4 Å².